The Morgan fingerprint density at radius 2 is 2.17 bits per heavy atom. The number of rotatable bonds is 8. The molecule has 0 saturated carbocycles. The lowest BCUT2D eigenvalue weighted by Gasteiger charge is -2.17. The molecule has 0 fully saturated rings. The second-order valence-corrected chi connectivity index (χ2v) is 6.29. The predicted octanol–water partition coefficient (Wildman–Crippen LogP) is 1.35. The monoisotopic (exact) mass is 274 g/mol. The molecule has 1 aromatic rings. The lowest BCUT2D eigenvalue weighted by molar-refractivity contribution is 0.413. The summed E-state index contributed by atoms with van der Waals surface area (Å²) in [6.07, 6.45) is 3.71. The van der Waals surface area contributed by atoms with Gasteiger partial charge in [-0.15, -0.1) is 0 Å². The molecule has 1 aromatic heterocycles. The van der Waals surface area contributed by atoms with Crippen LogP contribution in [0.3, 0.4) is 0 Å². The smallest absolute Gasteiger partial charge is 0.211 e. The first-order valence-corrected chi connectivity index (χ1v) is 7.98. The minimum atomic E-state index is -3.07. The van der Waals surface area contributed by atoms with E-state index in [1.54, 1.807) is 6.26 Å². The quantitative estimate of drug-likeness (QED) is 0.727. The average Bonchev–Trinajstić information content (AvgIpc) is 2.67. The SMILES string of the molecule is CCN(CCCNCc1occc1C)S(C)(=O)=O. The number of hydrogen-bond donors (Lipinski definition) is 1. The lowest BCUT2D eigenvalue weighted by Crippen LogP contribution is -2.32. The Labute approximate surface area is 109 Å². The maximum absolute atomic E-state index is 11.3. The third-order valence-corrected chi connectivity index (χ3v) is 4.22. The number of nitrogens with zero attached hydrogens (tertiary/aromatic N) is 1. The zero-order valence-electron chi connectivity index (χ0n) is 11.3. The zero-order valence-corrected chi connectivity index (χ0v) is 12.1. The van der Waals surface area contributed by atoms with Crippen LogP contribution in [0.5, 0.6) is 0 Å². The van der Waals surface area contributed by atoms with Gasteiger partial charge in [0.1, 0.15) is 5.76 Å². The van der Waals surface area contributed by atoms with Gasteiger partial charge < -0.3 is 9.73 Å². The molecule has 0 atom stereocenters. The molecular weight excluding hydrogens is 252 g/mol. The van der Waals surface area contributed by atoms with E-state index in [4.69, 9.17) is 4.42 Å². The average molecular weight is 274 g/mol. The van der Waals surface area contributed by atoms with E-state index in [0.29, 0.717) is 19.6 Å². The van der Waals surface area contributed by atoms with Crippen LogP contribution >= 0.6 is 0 Å². The topological polar surface area (TPSA) is 62.6 Å². The molecule has 1 rings (SSSR count). The molecule has 0 aromatic carbocycles. The molecule has 0 spiro atoms. The molecule has 1 heterocycles. The van der Waals surface area contributed by atoms with Gasteiger partial charge in [0, 0.05) is 13.1 Å². The van der Waals surface area contributed by atoms with Crippen molar-refractivity contribution in [3.8, 4) is 0 Å². The summed E-state index contributed by atoms with van der Waals surface area (Å²) in [6, 6.07) is 1.93. The van der Waals surface area contributed by atoms with Gasteiger partial charge in [-0.1, -0.05) is 6.92 Å². The van der Waals surface area contributed by atoms with Gasteiger partial charge in [-0.3, -0.25) is 0 Å². The number of sulfonamides is 1. The highest BCUT2D eigenvalue weighted by atomic mass is 32.2. The fraction of sp³-hybridized carbons (Fsp3) is 0.667. The number of nitrogens with one attached hydrogen (secondary N) is 1. The maximum Gasteiger partial charge on any atom is 0.211 e. The van der Waals surface area contributed by atoms with E-state index in [-0.39, 0.29) is 0 Å². The Hall–Kier alpha value is -0.850. The van der Waals surface area contributed by atoms with Crippen LogP contribution in [0.1, 0.15) is 24.7 Å². The van der Waals surface area contributed by atoms with Crippen molar-refractivity contribution in [1.82, 2.24) is 9.62 Å². The number of furan rings is 1. The number of hydrogen-bond acceptors (Lipinski definition) is 4. The molecule has 0 amide bonds. The largest absolute Gasteiger partial charge is 0.468 e. The van der Waals surface area contributed by atoms with Crippen molar-refractivity contribution in [2.24, 2.45) is 0 Å². The van der Waals surface area contributed by atoms with Crippen molar-refractivity contribution >= 4 is 10.0 Å². The Balaban J connectivity index is 2.21. The molecule has 1 N–H and O–H groups in total. The first kappa shape index (κ1) is 15.2. The Bertz CT molecular complexity index is 454. The van der Waals surface area contributed by atoms with Gasteiger partial charge in [0.25, 0.3) is 0 Å². The second kappa shape index (κ2) is 6.92. The molecule has 0 aliphatic rings. The van der Waals surface area contributed by atoms with Gasteiger partial charge in [0.15, 0.2) is 0 Å². The molecule has 0 bridgehead atoms. The van der Waals surface area contributed by atoms with E-state index in [9.17, 15) is 8.42 Å². The Kier molecular flexibility index (Phi) is 5.84. The predicted molar refractivity (Wildman–Crippen MR) is 71.9 cm³/mol. The van der Waals surface area contributed by atoms with Crippen LogP contribution in [0.25, 0.3) is 0 Å². The van der Waals surface area contributed by atoms with Crippen molar-refractivity contribution in [2.45, 2.75) is 26.8 Å². The zero-order chi connectivity index (χ0) is 13.6. The van der Waals surface area contributed by atoms with Crippen molar-refractivity contribution in [2.75, 3.05) is 25.9 Å². The van der Waals surface area contributed by atoms with Crippen molar-refractivity contribution in [3.63, 3.8) is 0 Å². The molecule has 5 nitrogen and oxygen atoms in total. The van der Waals surface area contributed by atoms with Gasteiger partial charge in [0.2, 0.25) is 10.0 Å². The highest BCUT2D eigenvalue weighted by Crippen LogP contribution is 2.07. The summed E-state index contributed by atoms with van der Waals surface area (Å²) in [5.41, 5.74) is 1.13. The third-order valence-electron chi connectivity index (χ3n) is 2.84. The van der Waals surface area contributed by atoms with Gasteiger partial charge >= 0.3 is 0 Å². The van der Waals surface area contributed by atoms with E-state index in [0.717, 1.165) is 24.3 Å². The van der Waals surface area contributed by atoms with E-state index in [2.05, 4.69) is 5.32 Å². The Morgan fingerprint density at radius 3 is 2.67 bits per heavy atom. The summed E-state index contributed by atoms with van der Waals surface area (Å²) >= 11 is 0. The minimum absolute atomic E-state index is 0.524. The molecule has 18 heavy (non-hydrogen) atoms. The maximum atomic E-state index is 11.3. The van der Waals surface area contributed by atoms with Crippen molar-refractivity contribution in [1.29, 1.82) is 0 Å². The molecule has 0 aliphatic carbocycles. The summed E-state index contributed by atoms with van der Waals surface area (Å²) in [4.78, 5) is 0. The van der Waals surface area contributed by atoms with E-state index in [1.807, 2.05) is 19.9 Å². The molecule has 0 radical (unpaired) electrons. The van der Waals surface area contributed by atoms with Gasteiger partial charge in [0.05, 0.1) is 19.1 Å². The highest BCUT2D eigenvalue weighted by molar-refractivity contribution is 7.88. The number of aryl methyl sites for hydroxylation is 1. The van der Waals surface area contributed by atoms with Gasteiger partial charge in [-0.2, -0.15) is 0 Å². The molecule has 0 aliphatic heterocycles. The van der Waals surface area contributed by atoms with Gasteiger partial charge in [-0.05, 0) is 31.5 Å². The first-order valence-electron chi connectivity index (χ1n) is 6.14. The Morgan fingerprint density at radius 1 is 1.44 bits per heavy atom. The molecule has 0 unspecified atom stereocenters. The molecular formula is C12H22N2O3S. The molecule has 6 heteroatoms. The summed E-state index contributed by atoms with van der Waals surface area (Å²) in [5, 5.41) is 3.24. The van der Waals surface area contributed by atoms with Crippen LogP contribution in [0.15, 0.2) is 16.7 Å². The summed E-state index contributed by atoms with van der Waals surface area (Å²) in [5.74, 6) is 0.936. The van der Waals surface area contributed by atoms with Crippen LogP contribution in [-0.4, -0.2) is 38.6 Å². The van der Waals surface area contributed by atoms with E-state index < -0.39 is 10.0 Å². The lowest BCUT2D eigenvalue weighted by atomic mass is 10.3. The summed E-state index contributed by atoms with van der Waals surface area (Å²) in [7, 11) is -3.07. The van der Waals surface area contributed by atoms with Crippen LogP contribution in [0.4, 0.5) is 0 Å². The van der Waals surface area contributed by atoms with Gasteiger partial charge in [-0.25, -0.2) is 12.7 Å². The molecule has 0 saturated heterocycles. The second-order valence-electron chi connectivity index (χ2n) is 4.31. The molecule has 104 valence electrons. The standard InChI is InChI=1S/C12H22N2O3S/c1-4-14(18(3,15)16)8-5-7-13-10-12-11(2)6-9-17-12/h6,9,13H,4-5,7-8,10H2,1-3H3. The summed E-state index contributed by atoms with van der Waals surface area (Å²) < 4.78 is 29.5. The van der Waals surface area contributed by atoms with Crippen molar-refractivity contribution < 1.29 is 12.8 Å². The fourth-order valence-corrected chi connectivity index (χ4v) is 2.66. The van der Waals surface area contributed by atoms with Crippen LogP contribution in [0.2, 0.25) is 0 Å². The van der Waals surface area contributed by atoms with Crippen LogP contribution in [0, 0.1) is 6.92 Å². The van der Waals surface area contributed by atoms with Crippen molar-refractivity contribution in [3.05, 3.63) is 23.7 Å². The fourth-order valence-electron chi connectivity index (χ4n) is 1.73. The van der Waals surface area contributed by atoms with E-state index >= 15 is 0 Å². The summed E-state index contributed by atoms with van der Waals surface area (Å²) in [6.45, 7) is 6.38. The third kappa shape index (κ3) is 4.80. The highest BCUT2D eigenvalue weighted by Gasteiger charge is 2.12. The van der Waals surface area contributed by atoms with Crippen LogP contribution in [-0.2, 0) is 16.6 Å². The van der Waals surface area contributed by atoms with E-state index in [1.165, 1.54) is 10.6 Å². The van der Waals surface area contributed by atoms with Crippen LogP contribution < -0.4 is 5.32 Å². The normalized spacial score (nSPS) is 12.2. The first-order chi connectivity index (χ1) is 8.45. The minimum Gasteiger partial charge on any atom is -0.468 e.